The van der Waals surface area contributed by atoms with Crippen LogP contribution in [0, 0.1) is 11.2 Å². The number of carbonyl (C=O) groups excluding carboxylic acids is 1. The van der Waals surface area contributed by atoms with Crippen LogP contribution in [-0.2, 0) is 4.74 Å². The largest absolute Gasteiger partial charge is 0.465 e. The van der Waals surface area contributed by atoms with E-state index in [0.29, 0.717) is 16.1 Å². The smallest absolute Gasteiger partial charge is 0.337 e. The van der Waals surface area contributed by atoms with E-state index in [4.69, 9.17) is 11.6 Å². The Kier molecular flexibility index (Phi) is 5.29. The summed E-state index contributed by atoms with van der Waals surface area (Å²) in [7, 11) is 2.70. The second-order valence-electron chi connectivity index (χ2n) is 2.52. The van der Waals surface area contributed by atoms with E-state index in [9.17, 15) is 4.79 Å². The molecule has 1 rings (SSSR count). The number of halogens is 2. The highest BCUT2D eigenvalue weighted by Gasteiger charge is 2.06. The van der Waals surface area contributed by atoms with Gasteiger partial charge in [0.15, 0.2) is 0 Å². The SMILES string of the molecule is COC(=O)c1cc(Cl)cc(C#CSI)c1. The van der Waals surface area contributed by atoms with Gasteiger partial charge in [0.25, 0.3) is 0 Å². The first kappa shape index (κ1) is 12.7. The van der Waals surface area contributed by atoms with E-state index in [1.165, 1.54) is 16.0 Å². The summed E-state index contributed by atoms with van der Waals surface area (Å²) in [5.74, 6) is 2.45. The zero-order valence-corrected chi connectivity index (χ0v) is 11.4. The topological polar surface area (TPSA) is 26.3 Å². The molecule has 0 fully saturated rings. The Morgan fingerprint density at radius 3 is 2.87 bits per heavy atom. The molecule has 0 aromatic heterocycles. The van der Waals surface area contributed by atoms with E-state index >= 15 is 0 Å². The van der Waals surface area contributed by atoms with Crippen LogP contribution in [0.5, 0.6) is 0 Å². The molecule has 2 nitrogen and oxygen atoms in total. The second-order valence-corrected chi connectivity index (χ2v) is 4.64. The number of hydrogen-bond acceptors (Lipinski definition) is 3. The fraction of sp³-hybridized carbons (Fsp3) is 0.100. The summed E-state index contributed by atoms with van der Waals surface area (Å²) in [6.45, 7) is 0. The lowest BCUT2D eigenvalue weighted by molar-refractivity contribution is 0.0600. The van der Waals surface area contributed by atoms with Crippen LogP contribution in [-0.4, -0.2) is 13.1 Å². The Balaban J connectivity index is 3.10. The maximum Gasteiger partial charge on any atom is 0.337 e. The van der Waals surface area contributed by atoms with Crippen LogP contribution in [0.15, 0.2) is 18.2 Å². The van der Waals surface area contributed by atoms with E-state index < -0.39 is 5.97 Å². The fourth-order valence-electron chi connectivity index (χ4n) is 0.976. The standard InChI is InChI=1S/C10H6ClIO2S/c1-14-10(13)8-4-7(2-3-15-12)5-9(11)6-8/h4-6H,1H3. The van der Waals surface area contributed by atoms with Crippen molar-refractivity contribution >= 4 is 47.7 Å². The maximum absolute atomic E-state index is 11.3. The highest BCUT2D eigenvalue weighted by atomic mass is 127. The fourth-order valence-corrected chi connectivity index (χ4v) is 1.70. The van der Waals surface area contributed by atoms with Crippen LogP contribution >= 0.6 is 41.7 Å². The van der Waals surface area contributed by atoms with Gasteiger partial charge in [-0.2, -0.15) is 0 Å². The molecular weight excluding hydrogens is 347 g/mol. The van der Waals surface area contributed by atoms with Gasteiger partial charge < -0.3 is 4.74 Å². The van der Waals surface area contributed by atoms with Crippen LogP contribution in [0.3, 0.4) is 0 Å². The highest BCUT2D eigenvalue weighted by Crippen LogP contribution is 2.16. The summed E-state index contributed by atoms with van der Waals surface area (Å²) in [5.41, 5.74) is 1.11. The van der Waals surface area contributed by atoms with Crippen molar-refractivity contribution in [3.63, 3.8) is 0 Å². The molecule has 0 aliphatic rings. The van der Waals surface area contributed by atoms with E-state index in [0.717, 1.165) is 0 Å². The van der Waals surface area contributed by atoms with Gasteiger partial charge in [-0.25, -0.2) is 4.79 Å². The lowest BCUT2D eigenvalue weighted by atomic mass is 10.1. The number of ether oxygens (including phenoxy) is 1. The summed E-state index contributed by atoms with van der Waals surface area (Å²) in [5, 5.41) is 3.29. The molecular formula is C10H6ClIO2S. The van der Waals surface area contributed by atoms with Crippen molar-refractivity contribution in [3.05, 3.63) is 34.3 Å². The van der Waals surface area contributed by atoms with Crippen LogP contribution in [0.2, 0.25) is 5.02 Å². The van der Waals surface area contributed by atoms with Gasteiger partial charge in [0.05, 0.1) is 12.7 Å². The molecule has 0 bridgehead atoms. The Hall–Kier alpha value is -0.380. The summed E-state index contributed by atoms with van der Waals surface area (Å²) >= 11 is 7.92. The number of rotatable bonds is 1. The Bertz CT molecular complexity index is 437. The first-order chi connectivity index (χ1) is 7.17. The van der Waals surface area contributed by atoms with Crippen molar-refractivity contribution in [2.45, 2.75) is 0 Å². The molecule has 0 radical (unpaired) electrons. The van der Waals surface area contributed by atoms with E-state index in [-0.39, 0.29) is 0 Å². The Labute approximate surface area is 109 Å². The molecule has 0 aliphatic heterocycles. The molecule has 15 heavy (non-hydrogen) atoms. The first-order valence-electron chi connectivity index (χ1n) is 3.85. The molecule has 0 N–H and O–H groups in total. The van der Waals surface area contributed by atoms with Crippen molar-refractivity contribution < 1.29 is 9.53 Å². The van der Waals surface area contributed by atoms with Crippen molar-refractivity contribution in [3.8, 4) is 11.2 Å². The zero-order chi connectivity index (χ0) is 11.3. The van der Waals surface area contributed by atoms with Crippen molar-refractivity contribution in [2.24, 2.45) is 0 Å². The van der Waals surface area contributed by atoms with Gasteiger partial charge >= 0.3 is 5.97 Å². The summed E-state index contributed by atoms with van der Waals surface area (Å²) < 4.78 is 4.60. The lowest BCUT2D eigenvalue weighted by Crippen LogP contribution is -2.01. The van der Waals surface area contributed by atoms with Crippen molar-refractivity contribution in [1.29, 1.82) is 0 Å². The normalized spacial score (nSPS) is 9.00. The van der Waals surface area contributed by atoms with Gasteiger partial charge in [0.2, 0.25) is 0 Å². The average molecular weight is 353 g/mol. The maximum atomic E-state index is 11.3. The molecule has 0 aliphatic carbocycles. The Morgan fingerprint density at radius 2 is 2.27 bits per heavy atom. The van der Waals surface area contributed by atoms with E-state index in [2.05, 4.69) is 37.1 Å². The minimum absolute atomic E-state index is 0.410. The summed E-state index contributed by atoms with van der Waals surface area (Å²) in [4.78, 5) is 11.3. The first-order valence-corrected chi connectivity index (χ1v) is 7.58. The van der Waals surface area contributed by atoms with Gasteiger partial charge in [-0.3, -0.25) is 0 Å². The zero-order valence-electron chi connectivity index (χ0n) is 7.71. The van der Waals surface area contributed by atoms with Gasteiger partial charge in [-0.15, -0.1) is 0 Å². The monoisotopic (exact) mass is 352 g/mol. The predicted molar refractivity (Wildman–Crippen MR) is 71.3 cm³/mol. The number of carbonyl (C=O) groups is 1. The van der Waals surface area contributed by atoms with Gasteiger partial charge in [-0.05, 0) is 32.4 Å². The number of methoxy groups -OCH3 is 1. The molecule has 0 unspecified atom stereocenters. The third kappa shape index (κ3) is 3.93. The van der Waals surface area contributed by atoms with Crippen molar-refractivity contribution in [1.82, 2.24) is 0 Å². The average Bonchev–Trinajstić information content (AvgIpc) is 2.24. The van der Waals surface area contributed by atoms with E-state index in [1.54, 1.807) is 18.2 Å². The third-order valence-corrected chi connectivity index (χ3v) is 2.61. The quantitative estimate of drug-likeness (QED) is 0.439. The van der Waals surface area contributed by atoms with Gasteiger partial charge in [-0.1, -0.05) is 17.5 Å². The second kappa shape index (κ2) is 6.26. The molecule has 0 amide bonds. The predicted octanol–water partition coefficient (Wildman–Crippen LogP) is 3.52. The molecule has 0 saturated heterocycles. The van der Waals surface area contributed by atoms with Crippen LogP contribution in [0.1, 0.15) is 15.9 Å². The number of esters is 1. The van der Waals surface area contributed by atoms with Crippen LogP contribution in [0.4, 0.5) is 0 Å². The molecule has 0 atom stereocenters. The van der Waals surface area contributed by atoms with Crippen LogP contribution < -0.4 is 0 Å². The van der Waals surface area contributed by atoms with Crippen LogP contribution in [0.25, 0.3) is 0 Å². The molecule has 0 heterocycles. The minimum atomic E-state index is -0.414. The molecule has 1 aromatic rings. The molecule has 1 aromatic carbocycles. The Morgan fingerprint density at radius 1 is 1.53 bits per heavy atom. The molecule has 5 heteroatoms. The molecule has 0 saturated carbocycles. The lowest BCUT2D eigenvalue weighted by Gasteiger charge is -2.00. The van der Waals surface area contributed by atoms with Gasteiger partial charge in [0.1, 0.15) is 0 Å². The minimum Gasteiger partial charge on any atom is -0.465 e. The highest BCUT2D eigenvalue weighted by molar-refractivity contribution is 14.2. The van der Waals surface area contributed by atoms with E-state index in [1.807, 2.05) is 0 Å². The number of benzene rings is 1. The number of hydrogen-bond donors (Lipinski definition) is 0. The molecule has 0 spiro atoms. The van der Waals surface area contributed by atoms with Crippen molar-refractivity contribution in [2.75, 3.05) is 7.11 Å². The molecule has 78 valence electrons. The third-order valence-electron chi connectivity index (χ3n) is 1.55. The summed E-state index contributed by atoms with van der Waals surface area (Å²) in [6, 6.07) is 4.90. The summed E-state index contributed by atoms with van der Waals surface area (Å²) in [6.07, 6.45) is 0. The van der Waals surface area contributed by atoms with Gasteiger partial charge in [0, 0.05) is 31.8 Å².